The lowest BCUT2D eigenvalue weighted by atomic mass is 10.0. The van der Waals surface area contributed by atoms with Crippen molar-refractivity contribution < 1.29 is 4.79 Å². The van der Waals surface area contributed by atoms with E-state index in [0.717, 1.165) is 60.2 Å². The summed E-state index contributed by atoms with van der Waals surface area (Å²) in [6, 6.07) is 13.8. The first-order valence-corrected chi connectivity index (χ1v) is 9.74. The summed E-state index contributed by atoms with van der Waals surface area (Å²) < 4.78 is 0. The molecule has 0 bridgehead atoms. The molecule has 3 nitrogen and oxygen atoms in total. The molecule has 2 aromatic carbocycles. The van der Waals surface area contributed by atoms with Crippen LogP contribution in [0.3, 0.4) is 0 Å². The second-order valence-corrected chi connectivity index (χ2v) is 6.97. The third-order valence-electron chi connectivity index (χ3n) is 4.65. The maximum atomic E-state index is 11.1. The molecule has 0 saturated carbocycles. The van der Waals surface area contributed by atoms with Crippen molar-refractivity contribution in [2.45, 2.75) is 39.5 Å². The minimum atomic E-state index is 0.426. The quantitative estimate of drug-likeness (QED) is 0.461. The Hall–Kier alpha value is -2.52. The Morgan fingerprint density at radius 3 is 2.37 bits per heavy atom. The number of halogens is 1. The molecule has 0 saturated heterocycles. The van der Waals surface area contributed by atoms with Crippen molar-refractivity contribution in [2.75, 3.05) is 0 Å². The molecule has 0 aliphatic carbocycles. The minimum absolute atomic E-state index is 0.426. The molecule has 1 heterocycles. The number of hydrogen-bond acceptors (Lipinski definition) is 3. The van der Waals surface area contributed by atoms with Gasteiger partial charge in [-0.1, -0.05) is 62.2 Å². The number of benzene rings is 2. The van der Waals surface area contributed by atoms with E-state index < -0.39 is 0 Å². The molecule has 4 heteroatoms. The van der Waals surface area contributed by atoms with Gasteiger partial charge in [-0.15, -0.1) is 0 Å². The van der Waals surface area contributed by atoms with Gasteiger partial charge in [0, 0.05) is 22.9 Å². The van der Waals surface area contributed by atoms with Crippen molar-refractivity contribution in [3.63, 3.8) is 0 Å². The molecule has 3 rings (SSSR count). The number of carbonyl (C=O) groups excluding carboxylic acids is 1. The van der Waals surface area contributed by atoms with E-state index in [1.54, 1.807) is 12.1 Å². The van der Waals surface area contributed by atoms with Crippen LogP contribution in [0.2, 0.25) is 5.02 Å². The summed E-state index contributed by atoms with van der Waals surface area (Å²) in [5.41, 5.74) is 6.24. The van der Waals surface area contributed by atoms with Crippen LogP contribution >= 0.6 is 11.6 Å². The van der Waals surface area contributed by atoms with E-state index in [2.05, 4.69) is 38.1 Å². The molecule has 138 valence electrons. The van der Waals surface area contributed by atoms with Crippen LogP contribution in [0, 0.1) is 0 Å². The number of rotatable bonds is 7. The zero-order chi connectivity index (χ0) is 19.2. The highest BCUT2D eigenvalue weighted by Gasteiger charge is 2.14. The number of aryl methyl sites for hydroxylation is 2. The third-order valence-corrected chi connectivity index (χ3v) is 4.97. The summed E-state index contributed by atoms with van der Waals surface area (Å²) in [7, 11) is 0. The van der Waals surface area contributed by atoms with Gasteiger partial charge in [0.15, 0.2) is 6.29 Å². The lowest BCUT2D eigenvalue weighted by Gasteiger charge is -2.12. The normalized spacial score (nSPS) is 10.8. The van der Waals surface area contributed by atoms with Gasteiger partial charge in [0.25, 0.3) is 0 Å². The molecule has 3 aromatic rings. The molecule has 0 unspecified atom stereocenters. The summed E-state index contributed by atoms with van der Waals surface area (Å²) in [5, 5.41) is 0.426. The second kappa shape index (κ2) is 8.92. The van der Waals surface area contributed by atoms with Crippen LogP contribution < -0.4 is 0 Å². The first kappa shape index (κ1) is 19.2. The second-order valence-electron chi connectivity index (χ2n) is 6.57. The Morgan fingerprint density at radius 2 is 1.74 bits per heavy atom. The molecule has 0 aliphatic heterocycles. The van der Waals surface area contributed by atoms with E-state index in [-0.39, 0.29) is 0 Å². The largest absolute Gasteiger partial charge is 0.298 e. The van der Waals surface area contributed by atoms with Gasteiger partial charge in [-0.2, -0.15) is 0 Å². The highest BCUT2D eigenvalue weighted by molar-refractivity contribution is 6.33. The average molecular weight is 379 g/mol. The fourth-order valence-corrected chi connectivity index (χ4v) is 3.21. The predicted molar refractivity (Wildman–Crippen MR) is 111 cm³/mol. The van der Waals surface area contributed by atoms with Crippen molar-refractivity contribution in [3.05, 3.63) is 70.5 Å². The molecular weight excluding hydrogens is 356 g/mol. The van der Waals surface area contributed by atoms with Gasteiger partial charge in [0.1, 0.15) is 0 Å². The number of unbranched alkanes of at least 4 members (excludes halogenated alkanes) is 1. The van der Waals surface area contributed by atoms with E-state index in [1.165, 1.54) is 5.56 Å². The summed E-state index contributed by atoms with van der Waals surface area (Å²) in [6.45, 7) is 4.30. The molecular formula is C23H23ClN2O. The van der Waals surface area contributed by atoms with Gasteiger partial charge in [-0.25, -0.2) is 4.98 Å². The van der Waals surface area contributed by atoms with Crippen molar-refractivity contribution in [3.8, 4) is 22.5 Å². The molecule has 0 N–H and O–H groups in total. The zero-order valence-corrected chi connectivity index (χ0v) is 16.5. The van der Waals surface area contributed by atoms with Crippen LogP contribution in [0.15, 0.2) is 48.7 Å². The zero-order valence-electron chi connectivity index (χ0n) is 15.7. The number of carbonyl (C=O) groups is 1. The SMILES string of the molecule is CCCCc1cnc(-c2ccc(CC)cc2)c(-c2ccc(C=O)c(Cl)c2)n1. The Bertz CT molecular complexity index is 936. The molecule has 27 heavy (non-hydrogen) atoms. The molecule has 0 fully saturated rings. The van der Waals surface area contributed by atoms with Crippen molar-refractivity contribution >= 4 is 17.9 Å². The highest BCUT2D eigenvalue weighted by atomic mass is 35.5. The van der Waals surface area contributed by atoms with E-state index in [9.17, 15) is 4.79 Å². The maximum Gasteiger partial charge on any atom is 0.151 e. The van der Waals surface area contributed by atoms with Crippen molar-refractivity contribution in [1.82, 2.24) is 9.97 Å². The maximum absolute atomic E-state index is 11.1. The highest BCUT2D eigenvalue weighted by Crippen LogP contribution is 2.31. The number of nitrogens with zero attached hydrogens (tertiary/aromatic N) is 2. The Labute approximate surface area is 165 Å². The van der Waals surface area contributed by atoms with Crippen LogP contribution in [0.5, 0.6) is 0 Å². The Kier molecular flexibility index (Phi) is 6.36. The first-order chi connectivity index (χ1) is 13.2. The topological polar surface area (TPSA) is 42.9 Å². The molecule has 0 spiro atoms. The molecule has 0 aliphatic rings. The molecule has 1 aromatic heterocycles. The fourth-order valence-electron chi connectivity index (χ4n) is 2.98. The van der Waals surface area contributed by atoms with Gasteiger partial charge in [0.2, 0.25) is 0 Å². The fraction of sp³-hybridized carbons (Fsp3) is 0.261. The molecule has 0 amide bonds. The summed E-state index contributed by atoms with van der Waals surface area (Å²) in [6.07, 6.45) is 6.70. The third kappa shape index (κ3) is 4.42. The number of aromatic nitrogens is 2. The van der Waals surface area contributed by atoms with E-state index in [4.69, 9.17) is 21.6 Å². The Morgan fingerprint density at radius 1 is 1.00 bits per heavy atom. The lowest BCUT2D eigenvalue weighted by molar-refractivity contribution is 0.112. The van der Waals surface area contributed by atoms with Gasteiger partial charge in [-0.05, 0) is 37.0 Å². The Balaban J connectivity index is 2.11. The van der Waals surface area contributed by atoms with Crippen LogP contribution in [0.1, 0.15) is 48.3 Å². The first-order valence-electron chi connectivity index (χ1n) is 9.36. The van der Waals surface area contributed by atoms with E-state index in [0.29, 0.717) is 10.6 Å². The smallest absolute Gasteiger partial charge is 0.151 e. The van der Waals surface area contributed by atoms with Crippen molar-refractivity contribution in [1.29, 1.82) is 0 Å². The predicted octanol–water partition coefficient (Wildman–Crippen LogP) is 6.18. The number of aldehydes is 1. The summed E-state index contributed by atoms with van der Waals surface area (Å²) in [5.74, 6) is 0. The molecule has 0 radical (unpaired) electrons. The van der Waals surface area contributed by atoms with Crippen LogP contribution in [0.25, 0.3) is 22.5 Å². The van der Waals surface area contributed by atoms with Crippen LogP contribution in [-0.2, 0) is 12.8 Å². The summed E-state index contributed by atoms with van der Waals surface area (Å²) in [4.78, 5) is 20.7. The van der Waals surface area contributed by atoms with Gasteiger partial charge in [0.05, 0.1) is 22.1 Å². The van der Waals surface area contributed by atoms with E-state index in [1.807, 2.05) is 12.3 Å². The standard InChI is InChI=1S/C23H23ClN2O/c1-3-5-6-20-14-25-22(17-9-7-16(4-2)8-10-17)23(26-20)18-11-12-19(15-27)21(24)13-18/h7-15H,3-6H2,1-2H3. The monoisotopic (exact) mass is 378 g/mol. The number of hydrogen-bond donors (Lipinski definition) is 0. The minimum Gasteiger partial charge on any atom is -0.298 e. The van der Waals surface area contributed by atoms with Gasteiger partial charge in [-0.3, -0.25) is 9.78 Å². The van der Waals surface area contributed by atoms with Gasteiger partial charge < -0.3 is 0 Å². The van der Waals surface area contributed by atoms with Crippen molar-refractivity contribution in [2.24, 2.45) is 0 Å². The lowest BCUT2D eigenvalue weighted by Crippen LogP contribution is -1.99. The average Bonchev–Trinajstić information content (AvgIpc) is 2.72. The molecule has 0 atom stereocenters. The van der Waals surface area contributed by atoms with Crippen LogP contribution in [-0.4, -0.2) is 16.3 Å². The van der Waals surface area contributed by atoms with Gasteiger partial charge >= 0.3 is 0 Å². The summed E-state index contributed by atoms with van der Waals surface area (Å²) >= 11 is 6.26. The van der Waals surface area contributed by atoms with E-state index >= 15 is 0 Å². The van der Waals surface area contributed by atoms with Crippen LogP contribution in [0.4, 0.5) is 0 Å².